The van der Waals surface area contributed by atoms with Gasteiger partial charge in [0.2, 0.25) is 0 Å². The molecule has 0 fully saturated rings. The van der Waals surface area contributed by atoms with E-state index >= 15 is 0 Å². The molecule has 0 rings (SSSR count). The zero-order valence-electron chi connectivity index (χ0n) is 30.2. The molecule has 250 valence electrons. The highest BCUT2D eigenvalue weighted by Gasteiger charge is 2.05. The molecule has 41 heavy (non-hydrogen) atoms. The Morgan fingerprint density at radius 2 is 0.341 bits per heavy atom. The first-order chi connectivity index (χ1) is 20.2. The molecular formula is C39H84N2. The zero-order valence-corrected chi connectivity index (χ0v) is 30.2. The largest absolute Gasteiger partial charge is 0.303 e. The van der Waals surface area contributed by atoms with Gasteiger partial charge < -0.3 is 9.80 Å². The maximum Gasteiger partial charge on any atom is -0.00187 e. The zero-order chi connectivity index (χ0) is 30.5. The van der Waals surface area contributed by atoms with E-state index in [2.05, 4.69) is 51.3 Å². The quantitative estimate of drug-likeness (QED) is 0.0712. The Bertz CT molecular complexity index is 362. The molecule has 0 unspecified atom stereocenters. The third kappa shape index (κ3) is 37.9. The SMILES string of the molecule is CCCCCCCCN(CCCCCCCC)CCCCCCCC.CCCCCN(CCCCC)CCCCC. The van der Waals surface area contributed by atoms with Crippen LogP contribution in [0.25, 0.3) is 0 Å². The first-order valence-corrected chi connectivity index (χ1v) is 19.6. The molecule has 0 heterocycles. The van der Waals surface area contributed by atoms with Crippen LogP contribution in [0.15, 0.2) is 0 Å². The summed E-state index contributed by atoms with van der Waals surface area (Å²) < 4.78 is 0. The van der Waals surface area contributed by atoms with Crippen molar-refractivity contribution >= 4 is 0 Å². The van der Waals surface area contributed by atoms with Crippen LogP contribution < -0.4 is 0 Å². The van der Waals surface area contributed by atoms with Gasteiger partial charge in [-0.05, 0) is 77.8 Å². The van der Waals surface area contributed by atoms with Crippen LogP contribution in [-0.4, -0.2) is 49.1 Å². The summed E-state index contributed by atoms with van der Waals surface area (Å²) in [4.78, 5) is 5.49. The molecule has 0 spiro atoms. The maximum absolute atomic E-state index is 2.79. The van der Waals surface area contributed by atoms with Crippen molar-refractivity contribution in [3.05, 3.63) is 0 Å². The molecule has 0 amide bonds. The van der Waals surface area contributed by atoms with Crippen LogP contribution in [0.4, 0.5) is 0 Å². The van der Waals surface area contributed by atoms with Crippen molar-refractivity contribution in [1.82, 2.24) is 9.80 Å². The van der Waals surface area contributed by atoms with E-state index in [1.165, 1.54) is 213 Å². The Labute approximate surface area is 263 Å². The van der Waals surface area contributed by atoms with Crippen molar-refractivity contribution in [2.75, 3.05) is 39.3 Å². The summed E-state index contributed by atoms with van der Waals surface area (Å²) >= 11 is 0. The molecule has 2 heteroatoms. The minimum atomic E-state index is 1.33. The molecule has 2 nitrogen and oxygen atoms in total. The van der Waals surface area contributed by atoms with E-state index < -0.39 is 0 Å². The summed E-state index contributed by atoms with van der Waals surface area (Å²) in [6.45, 7) is 21.9. The molecule has 0 aromatic heterocycles. The second kappa shape index (κ2) is 39.9. The molecule has 0 aliphatic rings. The first kappa shape index (κ1) is 43.0. The third-order valence-electron chi connectivity index (χ3n) is 8.72. The van der Waals surface area contributed by atoms with Crippen LogP contribution in [0.1, 0.15) is 215 Å². The fraction of sp³-hybridized carbons (Fsp3) is 1.00. The first-order valence-electron chi connectivity index (χ1n) is 19.6. The van der Waals surface area contributed by atoms with Gasteiger partial charge in [0.25, 0.3) is 0 Å². The van der Waals surface area contributed by atoms with E-state index in [1.54, 1.807) is 0 Å². The predicted octanol–water partition coefficient (Wildman–Crippen LogP) is 13.2. The lowest BCUT2D eigenvalue weighted by molar-refractivity contribution is 0.254. The van der Waals surface area contributed by atoms with Gasteiger partial charge >= 0.3 is 0 Å². The minimum Gasteiger partial charge on any atom is -0.303 e. The van der Waals surface area contributed by atoms with Crippen LogP contribution in [0, 0.1) is 0 Å². The molecule has 0 atom stereocenters. The van der Waals surface area contributed by atoms with Gasteiger partial charge in [0.1, 0.15) is 0 Å². The van der Waals surface area contributed by atoms with Gasteiger partial charge in [-0.2, -0.15) is 0 Å². The van der Waals surface area contributed by atoms with E-state index in [1.807, 2.05) is 0 Å². The number of hydrogen-bond donors (Lipinski definition) is 0. The van der Waals surface area contributed by atoms with Crippen molar-refractivity contribution in [3.8, 4) is 0 Å². The summed E-state index contributed by atoms with van der Waals surface area (Å²) in [6, 6.07) is 0. The third-order valence-corrected chi connectivity index (χ3v) is 8.72. The average molecular weight is 581 g/mol. The standard InChI is InChI=1S/C24H51N.C15H33N/c1-4-7-10-13-16-19-22-25(23-20-17-14-11-8-5-2)24-21-18-15-12-9-6-3;1-4-7-10-13-16(14-11-8-5-2)15-12-9-6-3/h4-24H2,1-3H3;4-15H2,1-3H3. The van der Waals surface area contributed by atoms with Gasteiger partial charge in [-0.3, -0.25) is 0 Å². The highest BCUT2D eigenvalue weighted by atomic mass is 15.1. The molecule has 0 saturated carbocycles. The maximum atomic E-state index is 2.79. The van der Waals surface area contributed by atoms with Crippen LogP contribution in [0.2, 0.25) is 0 Å². The molecule has 0 aromatic carbocycles. The number of hydrogen-bond acceptors (Lipinski definition) is 2. The summed E-state index contributed by atoms with van der Waals surface area (Å²) in [5.74, 6) is 0. The van der Waals surface area contributed by atoms with E-state index in [4.69, 9.17) is 0 Å². The van der Waals surface area contributed by atoms with Crippen LogP contribution in [0.3, 0.4) is 0 Å². The summed E-state index contributed by atoms with van der Waals surface area (Å²) in [5, 5.41) is 0. The molecule has 0 radical (unpaired) electrons. The Kier molecular flexibility index (Phi) is 41.9. The lowest BCUT2D eigenvalue weighted by Crippen LogP contribution is -2.27. The molecule has 0 saturated heterocycles. The molecule has 0 aliphatic heterocycles. The number of nitrogens with zero attached hydrogens (tertiary/aromatic N) is 2. The van der Waals surface area contributed by atoms with Crippen molar-refractivity contribution in [1.29, 1.82) is 0 Å². The van der Waals surface area contributed by atoms with Gasteiger partial charge in [-0.1, -0.05) is 176 Å². The molecule has 0 aliphatic carbocycles. The summed E-state index contributed by atoms with van der Waals surface area (Å²) in [6.07, 6.45) is 38.1. The Balaban J connectivity index is 0. The van der Waals surface area contributed by atoms with Gasteiger partial charge in [0.15, 0.2) is 0 Å². The van der Waals surface area contributed by atoms with Gasteiger partial charge in [0, 0.05) is 0 Å². The smallest absolute Gasteiger partial charge is 0.00187 e. The van der Waals surface area contributed by atoms with Crippen molar-refractivity contribution in [2.45, 2.75) is 215 Å². The lowest BCUT2D eigenvalue weighted by Gasteiger charge is -2.22. The fourth-order valence-electron chi connectivity index (χ4n) is 5.77. The monoisotopic (exact) mass is 581 g/mol. The van der Waals surface area contributed by atoms with E-state index in [0.29, 0.717) is 0 Å². The van der Waals surface area contributed by atoms with Gasteiger partial charge in [-0.25, -0.2) is 0 Å². The highest BCUT2D eigenvalue weighted by Crippen LogP contribution is 2.11. The summed E-state index contributed by atoms with van der Waals surface area (Å²) in [5.41, 5.74) is 0. The normalized spacial score (nSPS) is 11.4. The molecule has 0 aromatic rings. The second-order valence-corrected chi connectivity index (χ2v) is 13.1. The molecule has 0 N–H and O–H groups in total. The van der Waals surface area contributed by atoms with Crippen LogP contribution in [-0.2, 0) is 0 Å². The number of unbranched alkanes of at least 4 members (excludes halogenated alkanes) is 21. The number of rotatable bonds is 33. The predicted molar refractivity (Wildman–Crippen MR) is 192 cm³/mol. The Morgan fingerprint density at radius 1 is 0.195 bits per heavy atom. The molecular weight excluding hydrogens is 496 g/mol. The Morgan fingerprint density at radius 3 is 0.561 bits per heavy atom. The topological polar surface area (TPSA) is 6.48 Å². The van der Waals surface area contributed by atoms with Crippen LogP contribution in [0.5, 0.6) is 0 Å². The second-order valence-electron chi connectivity index (χ2n) is 13.1. The lowest BCUT2D eigenvalue weighted by atomic mass is 10.1. The fourth-order valence-corrected chi connectivity index (χ4v) is 5.77. The highest BCUT2D eigenvalue weighted by molar-refractivity contribution is 4.61. The van der Waals surface area contributed by atoms with Crippen molar-refractivity contribution in [3.63, 3.8) is 0 Å². The molecule has 0 bridgehead atoms. The van der Waals surface area contributed by atoms with E-state index in [9.17, 15) is 0 Å². The van der Waals surface area contributed by atoms with E-state index in [0.717, 1.165) is 0 Å². The minimum absolute atomic E-state index is 1.33. The summed E-state index contributed by atoms with van der Waals surface area (Å²) in [7, 11) is 0. The van der Waals surface area contributed by atoms with Gasteiger partial charge in [0.05, 0.1) is 0 Å². The average Bonchev–Trinajstić information content (AvgIpc) is 2.98. The van der Waals surface area contributed by atoms with Crippen LogP contribution >= 0.6 is 0 Å². The Hall–Kier alpha value is -0.0800. The van der Waals surface area contributed by atoms with Crippen molar-refractivity contribution in [2.24, 2.45) is 0 Å². The van der Waals surface area contributed by atoms with Crippen molar-refractivity contribution < 1.29 is 0 Å². The van der Waals surface area contributed by atoms with Gasteiger partial charge in [-0.15, -0.1) is 0 Å². The van der Waals surface area contributed by atoms with E-state index in [-0.39, 0.29) is 0 Å².